The molecule has 3 amide bonds. The molecule has 0 radical (unpaired) electrons. The Kier molecular flexibility index (Phi) is 8.13. The molecule has 4 fully saturated rings. The smallest absolute Gasteiger partial charge is 0.428 e. The molecule has 0 spiro atoms. The maximum Gasteiger partial charge on any atom is 0.528 e. The number of carbonyl (C=O) groups excluding carboxylic acids is 4. The summed E-state index contributed by atoms with van der Waals surface area (Å²) in [4.78, 5) is 53.7. The number of ether oxygens (including phenoxy) is 1. The van der Waals surface area contributed by atoms with Crippen LogP contribution in [0, 0.1) is 17.8 Å². The molecule has 36 heavy (non-hydrogen) atoms. The standard InChI is InChI=1S/C26H36N4O6/c1-16(30-36-25(34)35-15-17-5-3-2-4-6-17)24(33)28-21(23(27)32)7-8-22(31)29-26-12-18-9-19(13-26)11-20(10-18)14-26/h2-6,16,18-21,30H,7-15H2,1H3,(H2,27,32)(H,28,33)(H,29,31)/t16-,18?,19?,20?,21+,26?/m0/s1. The normalized spacial score (nSPS) is 27.5. The molecular weight excluding hydrogens is 464 g/mol. The van der Waals surface area contributed by atoms with E-state index in [4.69, 9.17) is 15.3 Å². The van der Waals surface area contributed by atoms with Gasteiger partial charge in [0.05, 0.1) is 0 Å². The number of rotatable bonds is 11. The van der Waals surface area contributed by atoms with Crippen molar-refractivity contribution in [1.29, 1.82) is 0 Å². The second-order valence-corrected chi connectivity index (χ2v) is 10.7. The lowest BCUT2D eigenvalue weighted by atomic mass is 9.53. The van der Waals surface area contributed by atoms with Crippen LogP contribution in [-0.4, -0.2) is 41.5 Å². The van der Waals surface area contributed by atoms with E-state index in [9.17, 15) is 19.2 Å². The van der Waals surface area contributed by atoms with Gasteiger partial charge < -0.3 is 25.9 Å². The van der Waals surface area contributed by atoms with Gasteiger partial charge in [0, 0.05) is 12.0 Å². The molecule has 4 bridgehead atoms. The van der Waals surface area contributed by atoms with Gasteiger partial charge in [-0.1, -0.05) is 30.3 Å². The highest BCUT2D eigenvalue weighted by molar-refractivity contribution is 5.89. The SMILES string of the molecule is C[C@H](NOC(=O)OCc1ccccc1)C(=O)N[C@H](CCC(=O)NC12CC3CC(CC(C3)C1)C2)C(N)=O. The summed E-state index contributed by atoms with van der Waals surface area (Å²) in [5.41, 5.74) is 8.44. The van der Waals surface area contributed by atoms with Crippen LogP contribution >= 0.6 is 0 Å². The number of hydrogen-bond acceptors (Lipinski definition) is 7. The number of benzene rings is 1. The molecule has 5 rings (SSSR count). The van der Waals surface area contributed by atoms with E-state index in [2.05, 4.69) is 16.1 Å². The summed E-state index contributed by atoms with van der Waals surface area (Å²) in [7, 11) is 0. The molecule has 0 unspecified atom stereocenters. The maximum absolute atomic E-state index is 12.8. The van der Waals surface area contributed by atoms with Gasteiger partial charge in [-0.15, -0.1) is 5.48 Å². The third-order valence-electron chi connectivity index (χ3n) is 7.67. The minimum atomic E-state index is -1.02. The van der Waals surface area contributed by atoms with E-state index in [-0.39, 0.29) is 30.9 Å². The van der Waals surface area contributed by atoms with Crippen molar-refractivity contribution in [2.24, 2.45) is 23.5 Å². The summed E-state index contributed by atoms with van der Waals surface area (Å²) in [6.45, 7) is 1.48. The first-order chi connectivity index (χ1) is 17.2. The highest BCUT2D eigenvalue weighted by Gasteiger charge is 2.51. The predicted octanol–water partition coefficient (Wildman–Crippen LogP) is 2.07. The van der Waals surface area contributed by atoms with Crippen molar-refractivity contribution >= 4 is 23.9 Å². The van der Waals surface area contributed by atoms with E-state index in [1.54, 1.807) is 12.1 Å². The van der Waals surface area contributed by atoms with Crippen molar-refractivity contribution < 1.29 is 28.8 Å². The fraction of sp³-hybridized carbons (Fsp3) is 0.615. The lowest BCUT2D eigenvalue weighted by molar-refractivity contribution is -0.132. The summed E-state index contributed by atoms with van der Waals surface area (Å²) in [6.07, 6.45) is 6.15. The van der Waals surface area contributed by atoms with Crippen molar-refractivity contribution in [3.8, 4) is 0 Å². The van der Waals surface area contributed by atoms with Crippen LogP contribution in [0.5, 0.6) is 0 Å². The summed E-state index contributed by atoms with van der Waals surface area (Å²) in [5.74, 6) is 0.675. The highest BCUT2D eigenvalue weighted by Crippen LogP contribution is 2.55. The largest absolute Gasteiger partial charge is 0.528 e. The van der Waals surface area contributed by atoms with Crippen molar-refractivity contribution in [3.63, 3.8) is 0 Å². The molecule has 196 valence electrons. The quantitative estimate of drug-likeness (QED) is 0.268. The first-order valence-corrected chi connectivity index (χ1v) is 12.7. The Morgan fingerprint density at radius 1 is 1.03 bits per heavy atom. The van der Waals surface area contributed by atoms with Gasteiger partial charge in [0.15, 0.2) is 0 Å². The second-order valence-electron chi connectivity index (χ2n) is 10.7. The molecule has 4 aliphatic carbocycles. The van der Waals surface area contributed by atoms with E-state index in [0.717, 1.165) is 24.8 Å². The molecular formula is C26H36N4O6. The molecule has 0 saturated heterocycles. The molecule has 5 N–H and O–H groups in total. The fourth-order valence-electron chi connectivity index (χ4n) is 6.42. The zero-order chi connectivity index (χ0) is 25.7. The molecule has 4 saturated carbocycles. The van der Waals surface area contributed by atoms with Gasteiger partial charge in [-0.3, -0.25) is 14.4 Å². The minimum Gasteiger partial charge on any atom is -0.428 e. The van der Waals surface area contributed by atoms with Gasteiger partial charge in [0.1, 0.15) is 18.7 Å². The lowest BCUT2D eigenvalue weighted by Crippen LogP contribution is -2.60. The van der Waals surface area contributed by atoms with E-state index >= 15 is 0 Å². The number of hydrogen-bond donors (Lipinski definition) is 4. The first-order valence-electron chi connectivity index (χ1n) is 12.7. The van der Waals surface area contributed by atoms with Gasteiger partial charge in [0.2, 0.25) is 17.7 Å². The van der Waals surface area contributed by atoms with Crippen molar-refractivity contribution in [2.45, 2.75) is 82.5 Å². The summed E-state index contributed by atoms with van der Waals surface area (Å²) in [6, 6.07) is 7.08. The zero-order valence-corrected chi connectivity index (χ0v) is 20.7. The van der Waals surface area contributed by atoms with E-state index in [1.807, 2.05) is 18.2 Å². The van der Waals surface area contributed by atoms with Gasteiger partial charge in [-0.05, 0) is 75.2 Å². The molecule has 2 atom stereocenters. The number of nitrogens with one attached hydrogen (secondary N) is 3. The van der Waals surface area contributed by atoms with Crippen LogP contribution in [0.2, 0.25) is 0 Å². The first kappa shape index (κ1) is 25.9. The van der Waals surface area contributed by atoms with E-state index < -0.39 is 30.1 Å². The van der Waals surface area contributed by atoms with Crippen LogP contribution in [0.3, 0.4) is 0 Å². The third kappa shape index (κ3) is 6.75. The van der Waals surface area contributed by atoms with Crippen LogP contribution in [-0.2, 0) is 30.6 Å². The number of nitrogens with two attached hydrogens (primary N) is 1. The number of hydroxylamine groups is 1. The summed E-state index contributed by atoms with van der Waals surface area (Å²) < 4.78 is 4.97. The molecule has 1 aromatic carbocycles. The van der Waals surface area contributed by atoms with Crippen LogP contribution in [0.4, 0.5) is 4.79 Å². The van der Waals surface area contributed by atoms with Crippen LogP contribution in [0.15, 0.2) is 30.3 Å². The van der Waals surface area contributed by atoms with Gasteiger partial charge in [-0.25, -0.2) is 4.79 Å². The van der Waals surface area contributed by atoms with Crippen molar-refractivity contribution in [2.75, 3.05) is 0 Å². The molecule has 0 aromatic heterocycles. The van der Waals surface area contributed by atoms with Crippen molar-refractivity contribution in [3.05, 3.63) is 35.9 Å². The Balaban J connectivity index is 1.18. The predicted molar refractivity (Wildman–Crippen MR) is 130 cm³/mol. The van der Waals surface area contributed by atoms with Gasteiger partial charge in [-0.2, -0.15) is 0 Å². The van der Waals surface area contributed by atoms with Crippen LogP contribution in [0.25, 0.3) is 0 Å². The second kappa shape index (κ2) is 11.3. The van der Waals surface area contributed by atoms with Gasteiger partial charge >= 0.3 is 6.16 Å². The average molecular weight is 501 g/mol. The fourth-order valence-corrected chi connectivity index (χ4v) is 6.42. The van der Waals surface area contributed by atoms with Crippen LogP contribution < -0.4 is 21.8 Å². The van der Waals surface area contributed by atoms with Gasteiger partial charge in [0.25, 0.3) is 0 Å². The Morgan fingerprint density at radius 3 is 2.22 bits per heavy atom. The average Bonchev–Trinajstić information content (AvgIpc) is 2.82. The molecule has 10 heteroatoms. The lowest BCUT2D eigenvalue weighted by Gasteiger charge is -2.57. The Bertz CT molecular complexity index is 933. The highest BCUT2D eigenvalue weighted by atomic mass is 16.8. The molecule has 0 heterocycles. The third-order valence-corrected chi connectivity index (χ3v) is 7.67. The zero-order valence-electron chi connectivity index (χ0n) is 20.7. The number of amides is 3. The van der Waals surface area contributed by atoms with E-state index in [0.29, 0.717) is 17.8 Å². The number of primary amides is 1. The monoisotopic (exact) mass is 500 g/mol. The topological polar surface area (TPSA) is 149 Å². The summed E-state index contributed by atoms with van der Waals surface area (Å²) in [5, 5.41) is 5.79. The van der Waals surface area contributed by atoms with Crippen LogP contribution in [0.1, 0.15) is 63.9 Å². The minimum absolute atomic E-state index is 0.0248. The Morgan fingerprint density at radius 2 is 1.64 bits per heavy atom. The molecule has 0 aliphatic heterocycles. The molecule has 4 aliphatic rings. The molecule has 1 aromatic rings. The number of carbonyl (C=O) groups is 4. The van der Waals surface area contributed by atoms with E-state index in [1.165, 1.54) is 26.2 Å². The summed E-state index contributed by atoms with van der Waals surface area (Å²) >= 11 is 0. The molecule has 10 nitrogen and oxygen atoms in total. The Hall–Kier alpha value is -3.14. The van der Waals surface area contributed by atoms with Crippen molar-refractivity contribution in [1.82, 2.24) is 16.1 Å². The Labute approximate surface area is 211 Å². The maximum atomic E-state index is 12.8.